The van der Waals surface area contributed by atoms with Crippen molar-refractivity contribution in [3.8, 4) is 11.6 Å². The summed E-state index contributed by atoms with van der Waals surface area (Å²) in [5.74, 6) is 3.25. The maximum atomic E-state index is 5.46. The van der Waals surface area contributed by atoms with Crippen molar-refractivity contribution in [2.75, 3.05) is 25.4 Å². The van der Waals surface area contributed by atoms with Crippen LogP contribution in [0, 0.1) is 12.3 Å². The Labute approximate surface area is 182 Å². The van der Waals surface area contributed by atoms with Crippen molar-refractivity contribution in [1.29, 1.82) is 0 Å². The fraction of sp³-hybridized carbons (Fsp3) is 0.522. The van der Waals surface area contributed by atoms with Gasteiger partial charge in [-0.1, -0.05) is 42.1 Å². The average molecular weight is 424 g/mol. The molecule has 2 aromatic heterocycles. The van der Waals surface area contributed by atoms with Gasteiger partial charge in [0.1, 0.15) is 0 Å². The van der Waals surface area contributed by atoms with E-state index in [1.54, 1.807) is 17.3 Å². The van der Waals surface area contributed by atoms with Crippen molar-refractivity contribution >= 4 is 11.8 Å². The number of benzene rings is 1. The fourth-order valence-corrected chi connectivity index (χ4v) is 6.01. The molecular weight excluding hydrogens is 394 g/mol. The van der Waals surface area contributed by atoms with Gasteiger partial charge >= 0.3 is 0 Å². The van der Waals surface area contributed by atoms with Crippen molar-refractivity contribution < 1.29 is 4.42 Å². The number of aromatic nitrogens is 4. The number of rotatable bonds is 7. The first kappa shape index (κ1) is 19.8. The van der Waals surface area contributed by atoms with Crippen LogP contribution in [0.15, 0.2) is 46.3 Å². The molecule has 3 aromatic rings. The molecule has 0 bridgehead atoms. The first-order valence-corrected chi connectivity index (χ1v) is 11.8. The number of likely N-dealkylation sites (tertiary alicyclic amines) is 1. The van der Waals surface area contributed by atoms with Crippen LogP contribution in [-0.4, -0.2) is 50.0 Å². The molecule has 5 rings (SSSR count). The standard InChI is InChI=1S/C23H29N5OS/c1-17-20(29-16-24-17)21-25-26-22(27(21)2)30-14-6-12-28-13-11-23(15-28)10-9-19(23)18-7-4-3-5-8-18/h3-5,7-8,16,19H,6,9-15H2,1-2H3/t19-,23+/m0/s1. The van der Waals surface area contributed by atoms with E-state index < -0.39 is 0 Å². The number of thioether (sulfide) groups is 1. The molecule has 1 aromatic carbocycles. The monoisotopic (exact) mass is 423 g/mol. The van der Waals surface area contributed by atoms with Crippen molar-refractivity contribution in [3.05, 3.63) is 48.0 Å². The normalized spacial score (nSPS) is 23.9. The lowest BCUT2D eigenvalue weighted by atomic mass is 9.57. The van der Waals surface area contributed by atoms with Crippen molar-refractivity contribution in [1.82, 2.24) is 24.6 Å². The molecule has 1 aliphatic carbocycles. The lowest BCUT2D eigenvalue weighted by Crippen LogP contribution is -2.41. The maximum Gasteiger partial charge on any atom is 0.202 e. The highest BCUT2D eigenvalue weighted by Crippen LogP contribution is 2.57. The molecule has 1 aliphatic heterocycles. The molecule has 2 aliphatic rings. The van der Waals surface area contributed by atoms with Crippen LogP contribution < -0.4 is 0 Å². The third kappa shape index (κ3) is 3.58. The number of aryl methyl sites for hydroxylation is 1. The van der Waals surface area contributed by atoms with Gasteiger partial charge in [0.25, 0.3) is 0 Å². The van der Waals surface area contributed by atoms with E-state index in [9.17, 15) is 0 Å². The van der Waals surface area contributed by atoms with E-state index in [-0.39, 0.29) is 0 Å². The molecule has 30 heavy (non-hydrogen) atoms. The summed E-state index contributed by atoms with van der Waals surface area (Å²) >= 11 is 1.77. The van der Waals surface area contributed by atoms with Gasteiger partial charge in [-0.2, -0.15) is 0 Å². The minimum Gasteiger partial charge on any atom is -0.440 e. The molecule has 0 amide bonds. The Kier molecular flexibility index (Phi) is 5.41. The minimum absolute atomic E-state index is 0.530. The molecule has 1 saturated heterocycles. The van der Waals surface area contributed by atoms with E-state index in [0.717, 1.165) is 28.3 Å². The van der Waals surface area contributed by atoms with Gasteiger partial charge in [-0.05, 0) is 62.6 Å². The van der Waals surface area contributed by atoms with E-state index >= 15 is 0 Å². The van der Waals surface area contributed by atoms with Gasteiger partial charge in [-0.15, -0.1) is 10.2 Å². The Hall–Kier alpha value is -2.12. The molecule has 0 unspecified atom stereocenters. The quantitative estimate of drug-likeness (QED) is 0.411. The summed E-state index contributed by atoms with van der Waals surface area (Å²) in [7, 11) is 1.99. The van der Waals surface area contributed by atoms with Crippen molar-refractivity contribution in [2.45, 2.75) is 43.7 Å². The van der Waals surface area contributed by atoms with Crippen molar-refractivity contribution in [3.63, 3.8) is 0 Å². The summed E-state index contributed by atoms with van der Waals surface area (Å²) in [5, 5.41) is 9.58. The SMILES string of the molecule is Cc1ncoc1-c1nnc(SCCCN2CC[C@]3(CC[C@H]3c3ccccc3)C2)n1C. The Morgan fingerprint density at radius 1 is 1.20 bits per heavy atom. The minimum atomic E-state index is 0.530. The number of hydrogen-bond donors (Lipinski definition) is 0. The third-order valence-electron chi connectivity index (χ3n) is 6.97. The number of oxazole rings is 1. The first-order valence-electron chi connectivity index (χ1n) is 10.9. The van der Waals surface area contributed by atoms with Crippen molar-refractivity contribution in [2.24, 2.45) is 12.5 Å². The van der Waals surface area contributed by atoms with Crippen LogP contribution in [0.5, 0.6) is 0 Å². The Bertz CT molecular complexity index is 1000. The average Bonchev–Trinajstić information content (AvgIpc) is 3.45. The van der Waals surface area contributed by atoms with E-state index in [0.29, 0.717) is 11.2 Å². The second kappa shape index (κ2) is 8.19. The summed E-state index contributed by atoms with van der Waals surface area (Å²) < 4.78 is 7.47. The first-order chi connectivity index (χ1) is 14.7. The summed E-state index contributed by atoms with van der Waals surface area (Å²) in [4.78, 5) is 6.83. The number of hydrogen-bond acceptors (Lipinski definition) is 6. The van der Waals surface area contributed by atoms with Gasteiger partial charge in [0.05, 0.1) is 5.69 Å². The topological polar surface area (TPSA) is 60.0 Å². The Balaban J connectivity index is 1.11. The second-order valence-corrected chi connectivity index (χ2v) is 9.79. The molecule has 0 N–H and O–H groups in total. The highest BCUT2D eigenvalue weighted by Gasteiger charge is 2.50. The highest BCUT2D eigenvalue weighted by atomic mass is 32.2. The Morgan fingerprint density at radius 2 is 2.07 bits per heavy atom. The smallest absolute Gasteiger partial charge is 0.202 e. The zero-order valence-corrected chi connectivity index (χ0v) is 18.6. The van der Waals surface area contributed by atoms with E-state index in [1.807, 2.05) is 18.5 Å². The summed E-state index contributed by atoms with van der Waals surface area (Å²) in [5.41, 5.74) is 2.91. The lowest BCUT2D eigenvalue weighted by molar-refractivity contribution is 0.0973. The van der Waals surface area contributed by atoms with Crippen LogP contribution in [0.3, 0.4) is 0 Å². The largest absolute Gasteiger partial charge is 0.440 e. The van der Waals surface area contributed by atoms with Gasteiger partial charge in [-0.25, -0.2) is 4.98 Å². The summed E-state index contributed by atoms with van der Waals surface area (Å²) in [6.07, 6.45) is 6.72. The third-order valence-corrected chi connectivity index (χ3v) is 8.08. The van der Waals surface area contributed by atoms with Crippen LogP contribution in [-0.2, 0) is 7.05 Å². The van der Waals surface area contributed by atoms with Gasteiger partial charge in [0, 0.05) is 19.3 Å². The zero-order chi connectivity index (χ0) is 20.6. The van der Waals surface area contributed by atoms with Gasteiger partial charge in [0.15, 0.2) is 17.3 Å². The molecule has 7 heteroatoms. The molecule has 0 radical (unpaired) electrons. The van der Waals surface area contributed by atoms with Gasteiger partial charge < -0.3 is 13.9 Å². The van der Waals surface area contributed by atoms with E-state index in [2.05, 4.69) is 50.4 Å². The summed E-state index contributed by atoms with van der Waals surface area (Å²) in [6, 6.07) is 11.1. The van der Waals surface area contributed by atoms with E-state index in [4.69, 9.17) is 4.42 Å². The van der Waals surface area contributed by atoms with Gasteiger partial charge in [0.2, 0.25) is 5.82 Å². The van der Waals surface area contributed by atoms with Crippen LogP contribution >= 0.6 is 11.8 Å². The maximum absolute atomic E-state index is 5.46. The van der Waals surface area contributed by atoms with Gasteiger partial charge in [-0.3, -0.25) is 0 Å². The molecule has 2 atom stereocenters. The molecule has 1 saturated carbocycles. The lowest BCUT2D eigenvalue weighted by Gasteiger charge is -2.48. The molecule has 6 nitrogen and oxygen atoms in total. The molecular formula is C23H29N5OS. The second-order valence-electron chi connectivity index (χ2n) is 8.72. The van der Waals surface area contributed by atoms with Crippen LogP contribution in [0.2, 0.25) is 0 Å². The number of nitrogens with zero attached hydrogens (tertiary/aromatic N) is 5. The fourth-order valence-electron chi connectivity index (χ4n) is 5.17. The Morgan fingerprint density at radius 3 is 2.80 bits per heavy atom. The molecule has 3 heterocycles. The van der Waals surface area contributed by atoms with Crippen LogP contribution in [0.1, 0.15) is 42.9 Å². The molecule has 1 spiro atoms. The van der Waals surface area contributed by atoms with Crippen LogP contribution in [0.4, 0.5) is 0 Å². The van der Waals surface area contributed by atoms with E-state index in [1.165, 1.54) is 51.7 Å². The predicted octanol–water partition coefficient (Wildman–Crippen LogP) is 4.53. The molecule has 2 fully saturated rings. The zero-order valence-electron chi connectivity index (χ0n) is 17.8. The van der Waals surface area contributed by atoms with Crippen LogP contribution in [0.25, 0.3) is 11.6 Å². The highest BCUT2D eigenvalue weighted by molar-refractivity contribution is 7.99. The predicted molar refractivity (Wildman–Crippen MR) is 118 cm³/mol. The summed E-state index contributed by atoms with van der Waals surface area (Å²) in [6.45, 7) is 5.60. The molecule has 158 valence electrons.